The summed E-state index contributed by atoms with van der Waals surface area (Å²) >= 11 is 0. The third-order valence-corrected chi connectivity index (χ3v) is 6.13. The number of halogens is 3. The van der Waals surface area contributed by atoms with Crippen LogP contribution in [0.1, 0.15) is 27.0 Å². The van der Waals surface area contributed by atoms with Gasteiger partial charge in [0.15, 0.2) is 0 Å². The highest BCUT2D eigenvalue weighted by Gasteiger charge is 2.34. The maximum absolute atomic E-state index is 13.8. The molecule has 1 N–H and O–H groups in total. The molecule has 2 heterocycles. The van der Waals surface area contributed by atoms with Crippen molar-refractivity contribution in [2.24, 2.45) is 0 Å². The van der Waals surface area contributed by atoms with Gasteiger partial charge < -0.3 is 10.2 Å². The first kappa shape index (κ1) is 25.0. The fraction of sp³-hybridized carbons (Fsp3) is 0.417. The van der Waals surface area contributed by atoms with Crippen molar-refractivity contribution in [3.05, 3.63) is 58.8 Å². The van der Waals surface area contributed by atoms with Crippen molar-refractivity contribution >= 4 is 19.8 Å². The summed E-state index contributed by atoms with van der Waals surface area (Å²) in [6, 6.07) is 7.12. The molecule has 1 fully saturated rings. The lowest BCUT2D eigenvalue weighted by atomic mass is 10.0. The Morgan fingerprint density at radius 2 is 1.82 bits per heavy atom. The van der Waals surface area contributed by atoms with Gasteiger partial charge in [0.25, 0.3) is 5.91 Å². The first-order valence-corrected chi connectivity index (χ1v) is 14.3. The van der Waals surface area contributed by atoms with Crippen LogP contribution in [0.4, 0.5) is 19.0 Å². The second-order valence-corrected chi connectivity index (χ2v) is 14.1. The maximum Gasteiger partial charge on any atom is 0.416 e. The number of nitrogens with zero attached hydrogens (tertiary/aromatic N) is 3. The lowest BCUT2D eigenvalue weighted by Gasteiger charge is -2.33. The topological polar surface area (TPSA) is 48.5 Å². The van der Waals surface area contributed by atoms with Gasteiger partial charge in [0.05, 0.1) is 5.56 Å². The Morgan fingerprint density at radius 1 is 1.12 bits per heavy atom. The Balaban J connectivity index is 1.79. The van der Waals surface area contributed by atoms with Gasteiger partial charge in [-0.05, 0) is 36.9 Å². The number of amides is 1. The largest absolute Gasteiger partial charge is 0.416 e. The smallest absolute Gasteiger partial charge is 0.307 e. The maximum atomic E-state index is 13.8. The fourth-order valence-corrected chi connectivity index (χ4v) is 3.91. The summed E-state index contributed by atoms with van der Waals surface area (Å²) < 4.78 is 41.4. The summed E-state index contributed by atoms with van der Waals surface area (Å²) in [5, 5.41) is 2.59. The van der Waals surface area contributed by atoms with E-state index in [9.17, 15) is 18.0 Å². The molecule has 0 atom stereocenters. The Hall–Kier alpha value is -2.67. The minimum Gasteiger partial charge on any atom is -0.307 e. The number of hydrogen-bond donors (Lipinski definition) is 1. The molecular formula is C24H29F3N4OSi. The van der Waals surface area contributed by atoms with Gasteiger partial charge >= 0.3 is 6.18 Å². The van der Waals surface area contributed by atoms with Crippen molar-refractivity contribution in [2.45, 2.75) is 32.4 Å². The Labute approximate surface area is 194 Å². The van der Waals surface area contributed by atoms with E-state index in [2.05, 4.69) is 46.3 Å². The first-order chi connectivity index (χ1) is 15.4. The lowest BCUT2D eigenvalue weighted by molar-refractivity contribution is -0.138. The average Bonchev–Trinajstić information content (AvgIpc) is 2.73. The molecule has 0 radical (unpaired) electrons. The number of pyridine rings is 1. The van der Waals surface area contributed by atoms with E-state index in [0.717, 1.165) is 19.2 Å². The minimum atomic E-state index is -4.55. The van der Waals surface area contributed by atoms with Gasteiger partial charge in [-0.3, -0.25) is 9.69 Å². The number of carbonyl (C=O) groups excluding carboxylic acids is 1. The van der Waals surface area contributed by atoms with Gasteiger partial charge in [0.1, 0.15) is 13.9 Å². The molecule has 1 aromatic heterocycles. The summed E-state index contributed by atoms with van der Waals surface area (Å²) in [6.45, 7) is 9.61. The molecule has 2 aromatic rings. The van der Waals surface area contributed by atoms with Crippen LogP contribution in [0, 0.1) is 11.5 Å². The van der Waals surface area contributed by atoms with Crippen LogP contribution < -0.4 is 5.32 Å². The van der Waals surface area contributed by atoms with Crippen LogP contribution in [0.5, 0.6) is 0 Å². The zero-order valence-electron chi connectivity index (χ0n) is 19.4. The van der Waals surface area contributed by atoms with Crippen molar-refractivity contribution in [3.63, 3.8) is 0 Å². The molecule has 1 saturated heterocycles. The van der Waals surface area contributed by atoms with E-state index in [-0.39, 0.29) is 23.5 Å². The van der Waals surface area contributed by atoms with Gasteiger partial charge in [-0.15, -0.1) is 5.54 Å². The van der Waals surface area contributed by atoms with Crippen LogP contribution in [0.2, 0.25) is 19.6 Å². The third-order valence-electron chi connectivity index (χ3n) is 5.25. The Bertz CT molecular complexity index is 1060. The average molecular weight is 475 g/mol. The van der Waals surface area contributed by atoms with Gasteiger partial charge in [-0.1, -0.05) is 31.6 Å². The summed E-state index contributed by atoms with van der Waals surface area (Å²) in [7, 11) is 0.423. The second kappa shape index (κ2) is 10.1. The van der Waals surface area contributed by atoms with Crippen molar-refractivity contribution in [3.8, 4) is 11.5 Å². The number of anilines is 1. The Kier molecular flexibility index (Phi) is 7.62. The Morgan fingerprint density at radius 3 is 2.45 bits per heavy atom. The first-order valence-electron chi connectivity index (χ1n) is 10.8. The van der Waals surface area contributed by atoms with Crippen molar-refractivity contribution in [1.29, 1.82) is 0 Å². The number of alkyl halides is 3. The SMILES string of the molecule is CN1CCN(Cc2ccc(C(=O)Nc3cc(C#C[Si](C)(C)C)ccn3)cc2C(F)(F)F)CC1. The van der Waals surface area contributed by atoms with Crippen molar-refractivity contribution < 1.29 is 18.0 Å². The molecule has 9 heteroatoms. The lowest BCUT2D eigenvalue weighted by Crippen LogP contribution is -2.44. The number of likely N-dealkylation sites (N-methyl/N-ethyl adjacent to an activating group) is 1. The molecule has 0 aliphatic carbocycles. The molecule has 176 valence electrons. The summed E-state index contributed by atoms with van der Waals surface area (Å²) in [4.78, 5) is 20.9. The summed E-state index contributed by atoms with van der Waals surface area (Å²) in [6.07, 6.45) is -3.03. The van der Waals surface area contributed by atoms with E-state index in [4.69, 9.17) is 0 Å². The zero-order valence-corrected chi connectivity index (χ0v) is 20.4. The van der Waals surface area contributed by atoms with Crippen LogP contribution in [0.15, 0.2) is 36.5 Å². The number of piperazine rings is 1. The molecule has 1 aromatic carbocycles. The van der Waals surface area contributed by atoms with E-state index in [1.54, 1.807) is 12.1 Å². The number of nitrogens with one attached hydrogen (secondary N) is 1. The van der Waals surface area contributed by atoms with Gasteiger partial charge in [0.2, 0.25) is 0 Å². The predicted molar refractivity (Wildman–Crippen MR) is 127 cm³/mol. The highest BCUT2D eigenvalue weighted by molar-refractivity contribution is 6.83. The molecular weight excluding hydrogens is 445 g/mol. The van der Waals surface area contributed by atoms with Gasteiger partial charge in [-0.2, -0.15) is 13.2 Å². The third kappa shape index (κ3) is 7.42. The molecule has 0 unspecified atom stereocenters. The summed E-state index contributed by atoms with van der Waals surface area (Å²) in [5.74, 6) is 2.68. The van der Waals surface area contributed by atoms with Crippen LogP contribution >= 0.6 is 0 Å². The number of hydrogen-bond acceptors (Lipinski definition) is 4. The van der Waals surface area contributed by atoms with Crippen molar-refractivity contribution in [1.82, 2.24) is 14.8 Å². The molecule has 0 spiro atoms. The fourth-order valence-electron chi connectivity index (χ4n) is 3.39. The van der Waals surface area contributed by atoms with Crippen LogP contribution in [-0.4, -0.2) is 62.0 Å². The molecule has 1 amide bonds. The predicted octanol–water partition coefficient (Wildman–Crippen LogP) is 4.33. The van der Waals surface area contributed by atoms with Crippen molar-refractivity contribution in [2.75, 3.05) is 38.5 Å². The molecule has 5 nitrogen and oxygen atoms in total. The van der Waals surface area contributed by atoms with E-state index >= 15 is 0 Å². The highest BCUT2D eigenvalue weighted by atomic mass is 28.3. The highest BCUT2D eigenvalue weighted by Crippen LogP contribution is 2.33. The number of rotatable bonds is 4. The number of benzene rings is 1. The number of carbonyl (C=O) groups is 1. The molecule has 1 aliphatic rings. The van der Waals surface area contributed by atoms with Crippen LogP contribution in [-0.2, 0) is 12.7 Å². The quantitative estimate of drug-likeness (QED) is 0.529. The van der Waals surface area contributed by atoms with E-state index in [1.165, 1.54) is 18.3 Å². The molecule has 0 bridgehead atoms. The molecule has 1 aliphatic heterocycles. The number of aromatic nitrogens is 1. The molecule has 33 heavy (non-hydrogen) atoms. The zero-order chi connectivity index (χ0) is 24.2. The second-order valence-electron chi connectivity index (χ2n) is 9.33. The van der Waals surface area contributed by atoms with Crippen LogP contribution in [0.3, 0.4) is 0 Å². The van der Waals surface area contributed by atoms with E-state index in [0.29, 0.717) is 18.7 Å². The van der Waals surface area contributed by atoms with E-state index in [1.807, 2.05) is 11.9 Å². The minimum absolute atomic E-state index is 0.0650. The normalized spacial score (nSPS) is 15.6. The van der Waals surface area contributed by atoms with E-state index < -0.39 is 25.7 Å². The standard InChI is InChI=1S/C24H29F3N4OSi/c1-30-10-12-31(13-11-30)17-20-6-5-19(16-21(20)24(25,26)27)23(32)29-22-15-18(7-9-28-22)8-14-33(2,3)4/h5-7,9,15-16H,10-13,17H2,1-4H3,(H,28,29,32). The molecule has 3 rings (SSSR count). The summed E-state index contributed by atoms with van der Waals surface area (Å²) in [5.41, 5.74) is 3.25. The monoisotopic (exact) mass is 474 g/mol. The molecule has 0 saturated carbocycles. The van der Waals surface area contributed by atoms with Gasteiger partial charge in [-0.25, -0.2) is 4.98 Å². The van der Waals surface area contributed by atoms with Crippen LogP contribution in [0.25, 0.3) is 0 Å². The van der Waals surface area contributed by atoms with Gasteiger partial charge in [0, 0.05) is 50.0 Å².